The van der Waals surface area contributed by atoms with Crippen molar-refractivity contribution in [1.82, 2.24) is 4.90 Å². The van der Waals surface area contributed by atoms with Gasteiger partial charge in [-0.1, -0.05) is 43.4 Å². The number of aliphatic hydroxyl groups is 1. The third kappa shape index (κ3) is 4.09. The predicted octanol–water partition coefficient (Wildman–Crippen LogP) is 3.23. The lowest BCUT2D eigenvalue weighted by Gasteiger charge is -2.38. The molecule has 2 fully saturated rings. The van der Waals surface area contributed by atoms with E-state index in [-0.39, 0.29) is 25.0 Å². The maximum atomic E-state index is 14.5. The Hall–Kier alpha value is -2.97. The molecule has 1 aromatic carbocycles. The van der Waals surface area contributed by atoms with E-state index in [4.69, 9.17) is 9.47 Å². The first-order valence-electron chi connectivity index (χ1n) is 13.8. The fraction of sp³-hybridized carbons (Fsp3) is 0.567. The van der Waals surface area contributed by atoms with Crippen molar-refractivity contribution < 1.29 is 29.0 Å². The Kier molecular flexibility index (Phi) is 7.22. The van der Waals surface area contributed by atoms with E-state index >= 15 is 0 Å². The summed E-state index contributed by atoms with van der Waals surface area (Å²) >= 11 is 0. The van der Waals surface area contributed by atoms with Crippen LogP contribution in [0.25, 0.3) is 0 Å². The SMILES string of the molecule is CC[C@@]12/C=C\CCCCOC(=O)[C@@H]1[C@H]1C(=O)N(CCCO)C3C(=O)N(c4cc(C)ccc4C)CC=C[C@@]31O2. The van der Waals surface area contributed by atoms with E-state index in [1.807, 2.05) is 63.3 Å². The van der Waals surface area contributed by atoms with Crippen molar-refractivity contribution in [2.24, 2.45) is 11.8 Å². The van der Waals surface area contributed by atoms with Gasteiger partial charge in [0.15, 0.2) is 0 Å². The van der Waals surface area contributed by atoms with Gasteiger partial charge in [-0.25, -0.2) is 0 Å². The third-order valence-corrected chi connectivity index (χ3v) is 8.60. The zero-order valence-corrected chi connectivity index (χ0v) is 22.5. The molecule has 0 bridgehead atoms. The summed E-state index contributed by atoms with van der Waals surface area (Å²) in [5.74, 6) is -2.77. The van der Waals surface area contributed by atoms with Crippen LogP contribution in [0.2, 0.25) is 0 Å². The topological polar surface area (TPSA) is 96.4 Å². The third-order valence-electron chi connectivity index (χ3n) is 8.60. The number of aliphatic hydroxyl groups excluding tert-OH is 1. The molecule has 1 N–H and O–H groups in total. The van der Waals surface area contributed by atoms with E-state index < -0.39 is 35.0 Å². The maximum absolute atomic E-state index is 14.5. The molecule has 1 spiro atoms. The summed E-state index contributed by atoms with van der Waals surface area (Å²) in [4.78, 5) is 45.6. The number of aryl methyl sites for hydroxylation is 2. The normalized spacial score (nSPS) is 33.9. The number of nitrogens with zero attached hydrogens (tertiary/aromatic N) is 2. The van der Waals surface area contributed by atoms with Crippen LogP contribution < -0.4 is 4.90 Å². The van der Waals surface area contributed by atoms with Crippen LogP contribution in [0.15, 0.2) is 42.5 Å². The minimum Gasteiger partial charge on any atom is -0.465 e. The van der Waals surface area contributed by atoms with Crippen LogP contribution in [0.4, 0.5) is 5.69 Å². The number of carbonyl (C=O) groups is 3. The molecule has 204 valence electrons. The average molecular weight is 523 g/mol. The van der Waals surface area contributed by atoms with E-state index in [1.165, 1.54) is 4.90 Å². The molecule has 4 aliphatic rings. The number of likely N-dealkylation sites (tertiary alicyclic amines) is 1. The minimum atomic E-state index is -1.33. The van der Waals surface area contributed by atoms with Crippen LogP contribution in [-0.2, 0) is 23.9 Å². The Morgan fingerprint density at radius 1 is 1.05 bits per heavy atom. The lowest BCUT2D eigenvalue weighted by molar-refractivity contribution is -0.160. The summed E-state index contributed by atoms with van der Waals surface area (Å²) < 4.78 is 12.6. The van der Waals surface area contributed by atoms with E-state index in [0.29, 0.717) is 26.0 Å². The van der Waals surface area contributed by atoms with Crippen LogP contribution in [0.3, 0.4) is 0 Å². The van der Waals surface area contributed by atoms with Crippen LogP contribution in [0.5, 0.6) is 0 Å². The Bertz CT molecular complexity index is 1180. The molecule has 4 heterocycles. The number of allylic oxidation sites excluding steroid dienone is 1. The average Bonchev–Trinajstić information content (AvgIpc) is 3.25. The molecule has 2 saturated heterocycles. The Labute approximate surface area is 224 Å². The highest BCUT2D eigenvalue weighted by Gasteiger charge is 2.75. The number of rotatable bonds is 5. The molecule has 0 radical (unpaired) electrons. The van der Waals surface area contributed by atoms with Crippen molar-refractivity contribution in [3.8, 4) is 0 Å². The van der Waals surface area contributed by atoms with E-state index in [9.17, 15) is 19.5 Å². The van der Waals surface area contributed by atoms with Gasteiger partial charge in [-0.2, -0.15) is 0 Å². The first-order chi connectivity index (χ1) is 18.3. The summed E-state index contributed by atoms with van der Waals surface area (Å²) in [5, 5.41) is 9.60. The summed E-state index contributed by atoms with van der Waals surface area (Å²) in [6.07, 6.45) is 11.0. The Morgan fingerprint density at radius 2 is 1.87 bits per heavy atom. The summed E-state index contributed by atoms with van der Waals surface area (Å²) in [6.45, 7) is 6.58. The van der Waals surface area contributed by atoms with Crippen LogP contribution in [0, 0.1) is 25.7 Å². The molecule has 38 heavy (non-hydrogen) atoms. The molecule has 0 aliphatic carbocycles. The maximum Gasteiger partial charge on any atom is 0.313 e. The largest absolute Gasteiger partial charge is 0.465 e. The number of carbonyl (C=O) groups excluding carboxylic acids is 3. The number of fused-ring (bicyclic) bond motifs is 2. The fourth-order valence-corrected chi connectivity index (χ4v) is 6.75. The number of amides is 2. The Morgan fingerprint density at radius 3 is 2.63 bits per heavy atom. The molecule has 0 saturated carbocycles. The second-order valence-electron chi connectivity index (χ2n) is 10.9. The van der Waals surface area contributed by atoms with Gasteiger partial charge in [0.25, 0.3) is 5.91 Å². The van der Waals surface area contributed by atoms with Gasteiger partial charge in [0, 0.05) is 25.4 Å². The fourth-order valence-electron chi connectivity index (χ4n) is 6.75. The first kappa shape index (κ1) is 26.6. The number of hydrogen-bond donors (Lipinski definition) is 1. The molecule has 5 atom stereocenters. The monoisotopic (exact) mass is 522 g/mol. The quantitative estimate of drug-likeness (QED) is 0.471. The summed E-state index contributed by atoms with van der Waals surface area (Å²) in [5.41, 5.74) is 0.383. The molecule has 4 aliphatic heterocycles. The molecule has 0 aromatic heterocycles. The van der Waals surface area contributed by atoms with Crippen LogP contribution in [-0.4, -0.2) is 71.3 Å². The second kappa shape index (κ2) is 10.3. The predicted molar refractivity (Wildman–Crippen MR) is 142 cm³/mol. The highest BCUT2D eigenvalue weighted by molar-refractivity contribution is 6.06. The van der Waals surface area contributed by atoms with E-state index in [1.54, 1.807) is 4.90 Å². The van der Waals surface area contributed by atoms with Crippen molar-refractivity contribution in [3.05, 3.63) is 53.6 Å². The number of ether oxygens (including phenoxy) is 2. The van der Waals surface area contributed by atoms with Crippen LogP contribution >= 0.6 is 0 Å². The number of cyclic esters (lactones) is 1. The molecular formula is C30H38N2O6. The van der Waals surface area contributed by atoms with Crippen molar-refractivity contribution in [3.63, 3.8) is 0 Å². The van der Waals surface area contributed by atoms with Gasteiger partial charge in [-0.3, -0.25) is 14.4 Å². The van der Waals surface area contributed by atoms with Crippen LogP contribution in [0.1, 0.15) is 50.2 Å². The lowest BCUT2D eigenvalue weighted by Crippen LogP contribution is -2.56. The number of esters is 1. The highest BCUT2D eigenvalue weighted by atomic mass is 16.6. The minimum absolute atomic E-state index is 0.118. The van der Waals surface area contributed by atoms with Gasteiger partial charge in [0.1, 0.15) is 23.2 Å². The zero-order chi connectivity index (χ0) is 27.1. The first-order valence-corrected chi connectivity index (χ1v) is 13.8. The van der Waals surface area contributed by atoms with Crippen molar-refractivity contribution in [2.75, 3.05) is 31.2 Å². The molecule has 5 rings (SSSR count). The molecule has 8 nitrogen and oxygen atoms in total. The second-order valence-corrected chi connectivity index (χ2v) is 10.9. The van der Waals surface area contributed by atoms with Gasteiger partial charge in [0.05, 0.1) is 12.5 Å². The van der Waals surface area contributed by atoms with Gasteiger partial charge in [0.2, 0.25) is 5.91 Å². The molecule has 8 heteroatoms. The molecule has 1 aromatic rings. The van der Waals surface area contributed by atoms with Gasteiger partial charge in [-0.05, 0) is 63.1 Å². The summed E-state index contributed by atoms with van der Waals surface area (Å²) in [7, 11) is 0. The van der Waals surface area contributed by atoms with Gasteiger partial charge < -0.3 is 24.4 Å². The summed E-state index contributed by atoms with van der Waals surface area (Å²) in [6, 6.07) is 5.01. The van der Waals surface area contributed by atoms with Crippen molar-refractivity contribution in [2.45, 2.75) is 70.1 Å². The number of anilines is 1. The molecular weight excluding hydrogens is 484 g/mol. The smallest absolute Gasteiger partial charge is 0.313 e. The van der Waals surface area contributed by atoms with Gasteiger partial charge in [-0.15, -0.1) is 0 Å². The van der Waals surface area contributed by atoms with Gasteiger partial charge >= 0.3 is 5.97 Å². The standard InChI is InChI=1S/C30H38N2O6/c1-4-29-13-7-5-6-8-18-37-28(36)24(29)23-26(34)32(16-10-17-33)25-27(35)31(15-9-14-30(23,25)38-29)22-19-20(2)11-12-21(22)3/h7,9,11-14,19,23-25,33H,4-6,8,10,15-18H2,1-3H3/b13-7-/t23-,24-,25?,29+,30-/m0/s1. The van der Waals surface area contributed by atoms with Crippen molar-refractivity contribution in [1.29, 1.82) is 0 Å². The lowest BCUT2D eigenvalue weighted by atomic mass is 9.73. The molecule has 2 amide bonds. The molecule has 1 unspecified atom stereocenters. The van der Waals surface area contributed by atoms with Crippen molar-refractivity contribution >= 4 is 23.5 Å². The Balaban J connectivity index is 1.67. The number of benzene rings is 1. The highest BCUT2D eigenvalue weighted by Crippen LogP contribution is 2.58. The van der Waals surface area contributed by atoms with E-state index in [0.717, 1.165) is 36.1 Å². The van der Waals surface area contributed by atoms with E-state index in [2.05, 4.69) is 0 Å². The number of hydrogen-bond acceptors (Lipinski definition) is 6. The zero-order valence-electron chi connectivity index (χ0n) is 22.5.